The SMILES string of the molecule is CCOP(=O)(OCC)Oc1cc(OC)ccc1-c1ccccc1. The Morgan fingerprint density at radius 2 is 1.61 bits per heavy atom. The minimum Gasteiger partial charge on any atom is -0.497 e. The van der Waals surface area contributed by atoms with Crippen molar-refractivity contribution in [2.45, 2.75) is 13.8 Å². The molecule has 0 fully saturated rings. The zero-order valence-electron chi connectivity index (χ0n) is 13.5. The Morgan fingerprint density at radius 1 is 0.957 bits per heavy atom. The Morgan fingerprint density at radius 3 is 2.17 bits per heavy atom. The summed E-state index contributed by atoms with van der Waals surface area (Å²) in [5.41, 5.74) is 1.72. The third kappa shape index (κ3) is 4.58. The molecule has 0 spiro atoms. The molecule has 0 atom stereocenters. The van der Waals surface area contributed by atoms with E-state index < -0.39 is 7.82 Å². The van der Waals surface area contributed by atoms with Gasteiger partial charge < -0.3 is 9.26 Å². The molecule has 6 heteroatoms. The van der Waals surface area contributed by atoms with Crippen LogP contribution in [0, 0.1) is 0 Å². The quantitative estimate of drug-likeness (QED) is 0.640. The highest BCUT2D eigenvalue weighted by Gasteiger charge is 2.28. The first-order valence-corrected chi connectivity index (χ1v) is 8.90. The second-order valence-corrected chi connectivity index (χ2v) is 6.20. The van der Waals surface area contributed by atoms with E-state index in [1.54, 1.807) is 27.0 Å². The maximum absolute atomic E-state index is 12.7. The zero-order chi connectivity index (χ0) is 16.7. The van der Waals surface area contributed by atoms with Gasteiger partial charge in [-0.15, -0.1) is 0 Å². The van der Waals surface area contributed by atoms with Crippen LogP contribution in [-0.4, -0.2) is 20.3 Å². The number of hydrogen-bond acceptors (Lipinski definition) is 5. The van der Waals surface area contributed by atoms with E-state index in [-0.39, 0.29) is 13.2 Å². The van der Waals surface area contributed by atoms with Gasteiger partial charge in [0.1, 0.15) is 11.5 Å². The van der Waals surface area contributed by atoms with Crippen molar-refractivity contribution in [3.8, 4) is 22.6 Å². The van der Waals surface area contributed by atoms with Gasteiger partial charge in [-0.1, -0.05) is 30.3 Å². The standard InChI is InChI=1S/C17H21O5P/c1-4-20-23(18,21-5-2)22-17-13-15(19-3)11-12-16(17)14-9-7-6-8-10-14/h6-13H,4-5H2,1-3H3. The largest absolute Gasteiger partial charge is 0.530 e. The van der Waals surface area contributed by atoms with Gasteiger partial charge in [0.25, 0.3) is 0 Å². The summed E-state index contributed by atoms with van der Waals surface area (Å²) >= 11 is 0. The predicted octanol–water partition coefficient (Wildman–Crippen LogP) is 4.92. The lowest BCUT2D eigenvalue weighted by atomic mass is 10.0. The number of benzene rings is 2. The zero-order valence-corrected chi connectivity index (χ0v) is 14.4. The molecule has 0 aliphatic carbocycles. The van der Waals surface area contributed by atoms with E-state index in [9.17, 15) is 4.57 Å². The first kappa shape index (κ1) is 17.5. The molecule has 124 valence electrons. The van der Waals surface area contributed by atoms with E-state index in [2.05, 4.69) is 0 Å². The van der Waals surface area contributed by atoms with Crippen LogP contribution in [-0.2, 0) is 13.6 Å². The Labute approximate surface area is 136 Å². The lowest BCUT2D eigenvalue weighted by Gasteiger charge is -2.19. The fourth-order valence-electron chi connectivity index (χ4n) is 2.09. The average Bonchev–Trinajstić information content (AvgIpc) is 2.56. The number of ether oxygens (including phenoxy) is 1. The monoisotopic (exact) mass is 336 g/mol. The van der Waals surface area contributed by atoms with Crippen LogP contribution < -0.4 is 9.26 Å². The molecule has 0 aliphatic rings. The molecule has 5 nitrogen and oxygen atoms in total. The van der Waals surface area contributed by atoms with Gasteiger partial charge in [-0.05, 0) is 31.5 Å². The number of phosphoric ester groups is 1. The molecule has 2 aromatic carbocycles. The van der Waals surface area contributed by atoms with Crippen LogP contribution in [0.4, 0.5) is 0 Å². The van der Waals surface area contributed by atoms with Gasteiger partial charge in [-0.3, -0.25) is 9.05 Å². The van der Waals surface area contributed by atoms with E-state index in [4.69, 9.17) is 18.3 Å². The Kier molecular flexibility index (Phi) is 6.22. The van der Waals surface area contributed by atoms with Crippen molar-refractivity contribution in [2.75, 3.05) is 20.3 Å². The molecular formula is C17H21O5P. The van der Waals surface area contributed by atoms with Crippen LogP contribution in [0.2, 0.25) is 0 Å². The topological polar surface area (TPSA) is 54.0 Å². The summed E-state index contributed by atoms with van der Waals surface area (Å²) in [6, 6.07) is 15.0. The van der Waals surface area contributed by atoms with Gasteiger partial charge in [0.05, 0.1) is 20.3 Å². The molecule has 0 aliphatic heterocycles. The fourth-order valence-corrected chi connectivity index (χ4v) is 3.29. The Hall–Kier alpha value is -1.81. The highest BCUT2D eigenvalue weighted by Crippen LogP contribution is 2.51. The minimum absolute atomic E-state index is 0.224. The van der Waals surface area contributed by atoms with Gasteiger partial charge in [0, 0.05) is 11.6 Å². The molecule has 0 N–H and O–H groups in total. The molecule has 2 rings (SSSR count). The first-order valence-electron chi connectivity index (χ1n) is 7.44. The second kappa shape index (κ2) is 8.16. The van der Waals surface area contributed by atoms with E-state index in [1.807, 2.05) is 42.5 Å². The lowest BCUT2D eigenvalue weighted by Crippen LogP contribution is -2.03. The molecule has 0 amide bonds. The molecule has 0 saturated carbocycles. The number of phosphoric acid groups is 1. The second-order valence-electron chi connectivity index (χ2n) is 4.60. The van der Waals surface area contributed by atoms with Crippen molar-refractivity contribution in [1.82, 2.24) is 0 Å². The van der Waals surface area contributed by atoms with Crippen molar-refractivity contribution < 1.29 is 22.9 Å². The minimum atomic E-state index is -3.67. The van der Waals surface area contributed by atoms with Crippen LogP contribution in [0.5, 0.6) is 11.5 Å². The summed E-state index contributed by atoms with van der Waals surface area (Å²) in [5, 5.41) is 0. The van der Waals surface area contributed by atoms with Crippen molar-refractivity contribution in [1.29, 1.82) is 0 Å². The number of rotatable bonds is 8. The molecule has 0 saturated heterocycles. The molecule has 0 aromatic heterocycles. The number of hydrogen-bond donors (Lipinski definition) is 0. The van der Waals surface area contributed by atoms with E-state index >= 15 is 0 Å². The maximum Gasteiger partial charge on any atom is 0.530 e. The summed E-state index contributed by atoms with van der Waals surface area (Å²) in [6.07, 6.45) is 0. The third-order valence-electron chi connectivity index (χ3n) is 3.06. The number of methoxy groups -OCH3 is 1. The summed E-state index contributed by atoms with van der Waals surface area (Å²) in [7, 11) is -2.11. The van der Waals surface area contributed by atoms with Crippen molar-refractivity contribution in [2.24, 2.45) is 0 Å². The molecule has 0 heterocycles. The normalized spacial score (nSPS) is 11.3. The predicted molar refractivity (Wildman–Crippen MR) is 89.9 cm³/mol. The van der Waals surface area contributed by atoms with Gasteiger partial charge in [-0.25, -0.2) is 4.57 Å². The van der Waals surface area contributed by atoms with Crippen molar-refractivity contribution >= 4 is 7.82 Å². The summed E-state index contributed by atoms with van der Waals surface area (Å²) in [5.74, 6) is 0.986. The van der Waals surface area contributed by atoms with Crippen LogP contribution >= 0.6 is 7.82 Å². The van der Waals surface area contributed by atoms with Crippen LogP contribution in [0.3, 0.4) is 0 Å². The summed E-state index contributed by atoms with van der Waals surface area (Å²) in [6.45, 7) is 3.92. The van der Waals surface area contributed by atoms with Crippen molar-refractivity contribution in [3.63, 3.8) is 0 Å². The average molecular weight is 336 g/mol. The van der Waals surface area contributed by atoms with E-state index in [0.717, 1.165) is 11.1 Å². The van der Waals surface area contributed by atoms with Crippen LogP contribution in [0.25, 0.3) is 11.1 Å². The Balaban J connectivity index is 2.44. The molecular weight excluding hydrogens is 315 g/mol. The van der Waals surface area contributed by atoms with Gasteiger partial charge in [0.15, 0.2) is 0 Å². The fraction of sp³-hybridized carbons (Fsp3) is 0.294. The van der Waals surface area contributed by atoms with E-state index in [1.165, 1.54) is 0 Å². The highest BCUT2D eigenvalue weighted by molar-refractivity contribution is 7.48. The summed E-state index contributed by atoms with van der Waals surface area (Å²) in [4.78, 5) is 0. The molecule has 23 heavy (non-hydrogen) atoms. The first-order chi connectivity index (χ1) is 11.1. The van der Waals surface area contributed by atoms with Gasteiger partial charge in [0.2, 0.25) is 0 Å². The maximum atomic E-state index is 12.7. The summed E-state index contributed by atoms with van der Waals surface area (Å²) < 4.78 is 33.9. The molecule has 0 unspecified atom stereocenters. The van der Waals surface area contributed by atoms with E-state index in [0.29, 0.717) is 11.5 Å². The molecule has 0 bridgehead atoms. The van der Waals surface area contributed by atoms with Crippen LogP contribution in [0.1, 0.15) is 13.8 Å². The smallest absolute Gasteiger partial charge is 0.497 e. The molecule has 0 radical (unpaired) electrons. The van der Waals surface area contributed by atoms with Crippen LogP contribution in [0.15, 0.2) is 48.5 Å². The Bertz CT molecular complexity index is 662. The van der Waals surface area contributed by atoms with Gasteiger partial charge in [-0.2, -0.15) is 0 Å². The lowest BCUT2D eigenvalue weighted by molar-refractivity contribution is 0.167. The third-order valence-corrected chi connectivity index (χ3v) is 4.63. The highest BCUT2D eigenvalue weighted by atomic mass is 31.2. The molecule has 2 aromatic rings. The van der Waals surface area contributed by atoms with Crippen molar-refractivity contribution in [3.05, 3.63) is 48.5 Å². The van der Waals surface area contributed by atoms with Gasteiger partial charge >= 0.3 is 7.82 Å².